The Bertz CT molecular complexity index is 732. The summed E-state index contributed by atoms with van der Waals surface area (Å²) in [5.74, 6) is 0. The van der Waals surface area contributed by atoms with E-state index in [1.165, 1.54) is 0 Å². The van der Waals surface area contributed by atoms with Crippen LogP contribution in [0.25, 0.3) is 16.5 Å². The van der Waals surface area contributed by atoms with E-state index in [2.05, 4.69) is 4.98 Å². The van der Waals surface area contributed by atoms with Crippen molar-refractivity contribution >= 4 is 10.8 Å². The molecule has 2 aromatic carbocycles. The molecule has 1 N–H and O–H groups in total. The average Bonchev–Trinajstić information content (AvgIpc) is 2.68. The lowest BCUT2D eigenvalue weighted by molar-refractivity contribution is 0.996. The number of fused-ring (bicyclic) bond motifs is 1. The van der Waals surface area contributed by atoms with Crippen LogP contribution in [0.15, 0.2) is 53.5 Å². The van der Waals surface area contributed by atoms with Gasteiger partial charge in [0, 0.05) is 17.3 Å². The molecule has 84 valence electrons. The van der Waals surface area contributed by atoms with Crippen LogP contribution >= 0.6 is 0 Å². The largest absolute Gasteiger partial charge is 0.330 e. The van der Waals surface area contributed by atoms with E-state index in [1.54, 1.807) is 4.57 Å². The van der Waals surface area contributed by atoms with Gasteiger partial charge in [0.05, 0.1) is 5.69 Å². The van der Waals surface area contributed by atoms with Gasteiger partial charge in [-0.25, -0.2) is 4.79 Å². The number of imidazole rings is 1. The molecule has 0 fully saturated rings. The Hall–Kier alpha value is -2.29. The van der Waals surface area contributed by atoms with Crippen molar-refractivity contribution < 1.29 is 0 Å². The second-order valence-electron chi connectivity index (χ2n) is 4.11. The van der Waals surface area contributed by atoms with Gasteiger partial charge in [-0.3, -0.25) is 4.57 Å². The van der Waals surface area contributed by atoms with Crippen LogP contribution in [0.4, 0.5) is 0 Å². The Labute approximate surface area is 98.3 Å². The number of benzene rings is 2. The molecule has 3 aromatic rings. The van der Waals surface area contributed by atoms with Crippen LogP contribution in [0.1, 0.15) is 5.69 Å². The number of rotatable bonds is 1. The third-order valence-corrected chi connectivity index (χ3v) is 2.87. The number of hydrogen-bond acceptors (Lipinski definition) is 1. The van der Waals surface area contributed by atoms with E-state index in [9.17, 15) is 4.79 Å². The van der Waals surface area contributed by atoms with Crippen molar-refractivity contribution in [3.63, 3.8) is 0 Å². The van der Waals surface area contributed by atoms with Gasteiger partial charge in [0.25, 0.3) is 0 Å². The lowest BCUT2D eigenvalue weighted by Crippen LogP contribution is -2.14. The summed E-state index contributed by atoms with van der Waals surface area (Å²) in [5.41, 5.74) is 1.68. The standard InChI is InChI=1S/C14H12N2O/c1-10-9-16(14(17)15-10)13-8-4-6-11-5-2-3-7-12(11)13/h2-9H,1H3,(H,15,17). The monoisotopic (exact) mass is 224 g/mol. The SMILES string of the molecule is Cc1cn(-c2cccc3ccccc23)c(=O)[nH]1. The minimum absolute atomic E-state index is 0.0983. The molecule has 0 aliphatic rings. The summed E-state index contributed by atoms with van der Waals surface area (Å²) in [6.07, 6.45) is 1.82. The maximum atomic E-state index is 11.8. The topological polar surface area (TPSA) is 37.8 Å². The number of aromatic nitrogens is 2. The molecule has 1 heterocycles. The first-order chi connectivity index (χ1) is 8.25. The molecule has 0 aliphatic carbocycles. The van der Waals surface area contributed by atoms with Gasteiger partial charge in [0.2, 0.25) is 0 Å². The Morgan fingerprint density at radius 1 is 1.06 bits per heavy atom. The summed E-state index contributed by atoms with van der Waals surface area (Å²) in [7, 11) is 0. The summed E-state index contributed by atoms with van der Waals surface area (Å²) >= 11 is 0. The molecule has 0 aliphatic heterocycles. The third kappa shape index (κ3) is 1.56. The summed E-state index contributed by atoms with van der Waals surface area (Å²) in [5, 5.41) is 2.21. The first-order valence-electron chi connectivity index (χ1n) is 5.52. The molecule has 0 bridgehead atoms. The Morgan fingerprint density at radius 3 is 2.59 bits per heavy atom. The zero-order valence-electron chi connectivity index (χ0n) is 9.47. The number of hydrogen-bond donors (Lipinski definition) is 1. The van der Waals surface area contributed by atoms with Crippen molar-refractivity contribution in [2.75, 3.05) is 0 Å². The number of H-pyrrole nitrogens is 1. The molecule has 0 atom stereocenters. The minimum Gasteiger partial charge on any atom is -0.310 e. The highest BCUT2D eigenvalue weighted by Gasteiger charge is 2.05. The number of aryl methyl sites for hydroxylation is 1. The predicted octanol–water partition coefficient (Wildman–Crippen LogP) is 2.63. The first kappa shape index (κ1) is 9.90. The fraction of sp³-hybridized carbons (Fsp3) is 0.0714. The van der Waals surface area contributed by atoms with Crippen LogP contribution in [-0.4, -0.2) is 9.55 Å². The van der Waals surface area contributed by atoms with Gasteiger partial charge in [-0.1, -0.05) is 36.4 Å². The summed E-state index contributed by atoms with van der Waals surface area (Å²) in [6, 6.07) is 14.0. The van der Waals surface area contributed by atoms with E-state index in [0.717, 1.165) is 22.2 Å². The van der Waals surface area contributed by atoms with E-state index >= 15 is 0 Å². The highest BCUT2D eigenvalue weighted by molar-refractivity contribution is 5.90. The van der Waals surface area contributed by atoms with Crippen molar-refractivity contribution in [3.8, 4) is 5.69 Å². The van der Waals surface area contributed by atoms with Gasteiger partial charge in [-0.15, -0.1) is 0 Å². The lowest BCUT2D eigenvalue weighted by atomic mass is 10.1. The highest BCUT2D eigenvalue weighted by atomic mass is 16.1. The summed E-state index contributed by atoms with van der Waals surface area (Å²) in [6.45, 7) is 1.88. The normalized spacial score (nSPS) is 10.9. The quantitative estimate of drug-likeness (QED) is 0.678. The van der Waals surface area contributed by atoms with Crippen LogP contribution in [0, 0.1) is 6.92 Å². The van der Waals surface area contributed by atoms with E-state index in [-0.39, 0.29) is 5.69 Å². The summed E-state index contributed by atoms with van der Waals surface area (Å²) in [4.78, 5) is 14.6. The molecule has 0 saturated heterocycles. The Kier molecular flexibility index (Phi) is 2.11. The molecule has 3 heteroatoms. The predicted molar refractivity (Wildman–Crippen MR) is 68.6 cm³/mol. The van der Waals surface area contributed by atoms with Gasteiger partial charge in [-0.05, 0) is 18.4 Å². The van der Waals surface area contributed by atoms with Crippen molar-refractivity contribution in [2.45, 2.75) is 6.92 Å². The van der Waals surface area contributed by atoms with E-state index < -0.39 is 0 Å². The van der Waals surface area contributed by atoms with Crippen LogP contribution in [0.5, 0.6) is 0 Å². The summed E-state index contributed by atoms with van der Waals surface area (Å²) < 4.78 is 1.65. The average molecular weight is 224 g/mol. The zero-order chi connectivity index (χ0) is 11.8. The van der Waals surface area contributed by atoms with E-state index in [1.807, 2.05) is 55.6 Å². The number of nitrogens with one attached hydrogen (secondary N) is 1. The number of aromatic amines is 1. The van der Waals surface area contributed by atoms with Crippen LogP contribution < -0.4 is 5.69 Å². The zero-order valence-corrected chi connectivity index (χ0v) is 9.47. The molecular weight excluding hydrogens is 212 g/mol. The Balaban J connectivity index is 2.38. The van der Waals surface area contributed by atoms with Gasteiger partial charge in [-0.2, -0.15) is 0 Å². The number of nitrogens with zero attached hydrogens (tertiary/aromatic N) is 1. The van der Waals surface area contributed by atoms with Crippen LogP contribution in [0.2, 0.25) is 0 Å². The smallest absolute Gasteiger partial charge is 0.310 e. The van der Waals surface area contributed by atoms with Gasteiger partial charge in [0.1, 0.15) is 0 Å². The van der Waals surface area contributed by atoms with Crippen LogP contribution in [0.3, 0.4) is 0 Å². The highest BCUT2D eigenvalue weighted by Crippen LogP contribution is 2.20. The van der Waals surface area contributed by atoms with Gasteiger partial charge in [0.15, 0.2) is 0 Å². The second kappa shape index (κ2) is 3.63. The molecule has 3 rings (SSSR count). The van der Waals surface area contributed by atoms with Gasteiger partial charge >= 0.3 is 5.69 Å². The molecule has 0 unspecified atom stereocenters. The fourth-order valence-electron chi connectivity index (χ4n) is 2.11. The molecular formula is C14H12N2O. The molecule has 0 amide bonds. The molecule has 0 spiro atoms. The lowest BCUT2D eigenvalue weighted by Gasteiger charge is -2.05. The molecule has 3 nitrogen and oxygen atoms in total. The van der Waals surface area contributed by atoms with Gasteiger partial charge < -0.3 is 4.98 Å². The van der Waals surface area contributed by atoms with Crippen molar-refractivity contribution in [1.82, 2.24) is 9.55 Å². The fourth-order valence-corrected chi connectivity index (χ4v) is 2.11. The maximum absolute atomic E-state index is 11.8. The first-order valence-corrected chi connectivity index (χ1v) is 5.52. The van der Waals surface area contributed by atoms with Crippen molar-refractivity contribution in [1.29, 1.82) is 0 Å². The van der Waals surface area contributed by atoms with Crippen molar-refractivity contribution in [2.24, 2.45) is 0 Å². The van der Waals surface area contributed by atoms with E-state index in [0.29, 0.717) is 0 Å². The second-order valence-corrected chi connectivity index (χ2v) is 4.11. The third-order valence-electron chi connectivity index (χ3n) is 2.87. The minimum atomic E-state index is -0.0983. The maximum Gasteiger partial charge on any atom is 0.330 e. The molecule has 0 radical (unpaired) electrons. The van der Waals surface area contributed by atoms with Crippen molar-refractivity contribution in [3.05, 3.63) is 64.8 Å². The van der Waals surface area contributed by atoms with Crippen LogP contribution in [-0.2, 0) is 0 Å². The van der Waals surface area contributed by atoms with E-state index in [4.69, 9.17) is 0 Å². The molecule has 1 aromatic heterocycles. The molecule has 17 heavy (non-hydrogen) atoms. The Morgan fingerprint density at radius 2 is 1.82 bits per heavy atom. The molecule has 0 saturated carbocycles.